The van der Waals surface area contributed by atoms with Gasteiger partial charge in [-0.15, -0.1) is 0 Å². The summed E-state index contributed by atoms with van der Waals surface area (Å²) >= 11 is 0. The van der Waals surface area contributed by atoms with Crippen LogP contribution in [0.1, 0.15) is 39.9 Å². The highest BCUT2D eigenvalue weighted by molar-refractivity contribution is 6.15. The standard InChI is InChI=1S/C22H22N2O4/c1-14-10-15(2)12-16(11-14)13-28-21(27)22-9-8-19(25)24(22)18-7-5-4-6-17(18)20(26)23(22)3/h4-7,10-12H,8-9,13H2,1-3H3. The zero-order valence-electron chi connectivity index (χ0n) is 16.2. The van der Waals surface area contributed by atoms with Gasteiger partial charge < -0.3 is 9.64 Å². The first-order valence-corrected chi connectivity index (χ1v) is 9.29. The molecule has 6 nitrogen and oxygen atoms in total. The summed E-state index contributed by atoms with van der Waals surface area (Å²) in [6.07, 6.45) is 0.401. The van der Waals surface area contributed by atoms with Crippen LogP contribution in [-0.4, -0.2) is 35.4 Å². The Labute approximate surface area is 163 Å². The maximum absolute atomic E-state index is 13.2. The number of carbonyl (C=O) groups is 3. The SMILES string of the molecule is Cc1cc(C)cc(COC(=O)C23CCC(=O)N2c2ccccc2C(=O)N3C)c1. The van der Waals surface area contributed by atoms with Crippen molar-refractivity contribution >= 4 is 23.5 Å². The van der Waals surface area contributed by atoms with E-state index in [0.717, 1.165) is 16.7 Å². The van der Waals surface area contributed by atoms with Crippen LogP contribution in [0.25, 0.3) is 0 Å². The van der Waals surface area contributed by atoms with E-state index in [9.17, 15) is 14.4 Å². The van der Waals surface area contributed by atoms with Crippen LogP contribution >= 0.6 is 0 Å². The number of hydrogen-bond donors (Lipinski definition) is 0. The predicted molar refractivity (Wildman–Crippen MR) is 104 cm³/mol. The maximum Gasteiger partial charge on any atom is 0.354 e. The van der Waals surface area contributed by atoms with E-state index in [1.807, 2.05) is 32.0 Å². The van der Waals surface area contributed by atoms with Crippen LogP contribution in [0, 0.1) is 13.8 Å². The van der Waals surface area contributed by atoms with Gasteiger partial charge in [-0.1, -0.05) is 41.5 Å². The van der Waals surface area contributed by atoms with Crippen LogP contribution in [0.3, 0.4) is 0 Å². The fraction of sp³-hybridized carbons (Fsp3) is 0.318. The van der Waals surface area contributed by atoms with E-state index >= 15 is 0 Å². The first-order chi connectivity index (χ1) is 13.3. The van der Waals surface area contributed by atoms with E-state index in [0.29, 0.717) is 11.3 Å². The number of rotatable bonds is 3. The average Bonchev–Trinajstić information content (AvgIpc) is 3.02. The Kier molecular flexibility index (Phi) is 4.22. The van der Waals surface area contributed by atoms with Gasteiger partial charge in [0, 0.05) is 19.9 Å². The van der Waals surface area contributed by atoms with E-state index in [4.69, 9.17) is 4.74 Å². The van der Waals surface area contributed by atoms with Gasteiger partial charge in [0.2, 0.25) is 11.6 Å². The molecule has 6 heteroatoms. The highest BCUT2D eigenvalue weighted by atomic mass is 16.5. The van der Waals surface area contributed by atoms with Crippen molar-refractivity contribution in [1.82, 2.24) is 4.90 Å². The van der Waals surface area contributed by atoms with Crippen LogP contribution in [0.5, 0.6) is 0 Å². The fourth-order valence-corrected chi connectivity index (χ4v) is 4.31. The molecule has 2 aromatic rings. The topological polar surface area (TPSA) is 66.9 Å². The lowest BCUT2D eigenvalue weighted by molar-refractivity contribution is -0.157. The van der Waals surface area contributed by atoms with E-state index in [2.05, 4.69) is 0 Å². The summed E-state index contributed by atoms with van der Waals surface area (Å²) in [7, 11) is 1.56. The van der Waals surface area contributed by atoms with Gasteiger partial charge in [-0.3, -0.25) is 14.5 Å². The first kappa shape index (κ1) is 18.2. The molecule has 0 radical (unpaired) electrons. The van der Waals surface area contributed by atoms with E-state index in [1.165, 1.54) is 9.80 Å². The van der Waals surface area contributed by atoms with Crippen molar-refractivity contribution in [2.75, 3.05) is 11.9 Å². The zero-order valence-corrected chi connectivity index (χ0v) is 16.2. The van der Waals surface area contributed by atoms with Crippen LogP contribution in [0.2, 0.25) is 0 Å². The third-order valence-corrected chi connectivity index (χ3v) is 5.52. The third-order valence-electron chi connectivity index (χ3n) is 5.52. The monoisotopic (exact) mass is 378 g/mol. The summed E-state index contributed by atoms with van der Waals surface area (Å²) in [6, 6.07) is 12.8. The van der Waals surface area contributed by atoms with Crippen molar-refractivity contribution < 1.29 is 19.1 Å². The van der Waals surface area contributed by atoms with Gasteiger partial charge in [-0.2, -0.15) is 0 Å². The molecular weight excluding hydrogens is 356 g/mol. The predicted octanol–water partition coefficient (Wildman–Crippen LogP) is 2.96. The highest BCUT2D eigenvalue weighted by Crippen LogP contribution is 2.44. The van der Waals surface area contributed by atoms with E-state index in [-0.39, 0.29) is 31.3 Å². The van der Waals surface area contributed by atoms with Gasteiger partial charge in [0.25, 0.3) is 5.91 Å². The molecule has 1 saturated heterocycles. The molecule has 4 rings (SSSR count). The molecule has 2 aliphatic rings. The lowest BCUT2D eigenvalue weighted by Crippen LogP contribution is -2.67. The Morgan fingerprint density at radius 2 is 1.79 bits per heavy atom. The van der Waals surface area contributed by atoms with E-state index in [1.54, 1.807) is 31.3 Å². The van der Waals surface area contributed by atoms with E-state index < -0.39 is 11.6 Å². The van der Waals surface area contributed by atoms with Gasteiger partial charge in [0.1, 0.15) is 6.61 Å². The molecule has 0 aliphatic carbocycles. The molecule has 0 spiro atoms. The summed E-state index contributed by atoms with van der Waals surface area (Å²) in [6.45, 7) is 4.06. The second-order valence-corrected chi connectivity index (χ2v) is 7.50. The first-order valence-electron chi connectivity index (χ1n) is 9.29. The largest absolute Gasteiger partial charge is 0.458 e. The highest BCUT2D eigenvalue weighted by Gasteiger charge is 2.60. The van der Waals surface area contributed by atoms with Crippen molar-refractivity contribution in [1.29, 1.82) is 0 Å². The maximum atomic E-state index is 13.2. The second-order valence-electron chi connectivity index (χ2n) is 7.50. The van der Waals surface area contributed by atoms with Gasteiger partial charge in [-0.05, 0) is 31.5 Å². The Morgan fingerprint density at radius 3 is 2.50 bits per heavy atom. The number of nitrogens with zero attached hydrogens (tertiary/aromatic N) is 2. The Balaban J connectivity index is 1.69. The summed E-state index contributed by atoms with van der Waals surface area (Å²) in [4.78, 5) is 41.6. The Bertz CT molecular complexity index is 980. The molecule has 1 fully saturated rings. The minimum absolute atomic E-state index is 0.0921. The second kappa shape index (κ2) is 6.48. The van der Waals surface area contributed by atoms with Crippen molar-refractivity contribution in [2.45, 2.75) is 39.0 Å². The Morgan fingerprint density at radius 1 is 1.11 bits per heavy atom. The van der Waals surface area contributed by atoms with Gasteiger partial charge in [-0.25, -0.2) is 4.79 Å². The molecule has 28 heavy (non-hydrogen) atoms. The van der Waals surface area contributed by atoms with Crippen LogP contribution < -0.4 is 4.90 Å². The zero-order chi connectivity index (χ0) is 20.1. The molecule has 0 aromatic heterocycles. The van der Waals surface area contributed by atoms with Gasteiger partial charge >= 0.3 is 5.97 Å². The molecule has 0 saturated carbocycles. The van der Waals surface area contributed by atoms with Gasteiger partial charge in [0.15, 0.2) is 0 Å². The summed E-state index contributed by atoms with van der Waals surface area (Å²) in [5.41, 5.74) is 2.50. The number of para-hydroxylation sites is 1. The molecule has 0 bridgehead atoms. The fourth-order valence-electron chi connectivity index (χ4n) is 4.31. The molecule has 2 aromatic carbocycles. The number of esters is 1. The molecule has 2 aliphatic heterocycles. The number of amides is 2. The molecule has 0 N–H and O–H groups in total. The average molecular weight is 378 g/mol. The Hall–Kier alpha value is -3.15. The smallest absolute Gasteiger partial charge is 0.354 e. The number of carbonyl (C=O) groups excluding carboxylic acids is 3. The number of aryl methyl sites for hydroxylation is 2. The van der Waals surface area contributed by atoms with Crippen molar-refractivity contribution in [3.63, 3.8) is 0 Å². The third kappa shape index (κ3) is 2.59. The number of fused-ring (bicyclic) bond motifs is 3. The number of benzene rings is 2. The minimum atomic E-state index is -1.43. The van der Waals surface area contributed by atoms with Crippen LogP contribution in [-0.2, 0) is 20.9 Å². The quantitative estimate of drug-likeness (QED) is 0.770. The lowest BCUT2D eigenvalue weighted by Gasteiger charge is -2.46. The number of ether oxygens (including phenoxy) is 1. The number of anilines is 1. The van der Waals surface area contributed by atoms with Crippen LogP contribution in [0.15, 0.2) is 42.5 Å². The van der Waals surface area contributed by atoms with Crippen LogP contribution in [0.4, 0.5) is 5.69 Å². The van der Waals surface area contributed by atoms with Crippen molar-refractivity contribution in [3.8, 4) is 0 Å². The number of hydrogen-bond acceptors (Lipinski definition) is 4. The normalized spacial score (nSPS) is 20.8. The molecule has 1 atom stereocenters. The van der Waals surface area contributed by atoms with Crippen molar-refractivity contribution in [2.24, 2.45) is 0 Å². The molecule has 144 valence electrons. The molecular formula is C22H22N2O4. The van der Waals surface area contributed by atoms with Crippen molar-refractivity contribution in [3.05, 3.63) is 64.7 Å². The molecule has 1 unspecified atom stereocenters. The molecule has 2 heterocycles. The molecule has 2 amide bonds. The van der Waals surface area contributed by atoms with Gasteiger partial charge in [0.05, 0.1) is 11.3 Å². The summed E-state index contributed by atoms with van der Waals surface area (Å²) < 4.78 is 5.64. The summed E-state index contributed by atoms with van der Waals surface area (Å²) in [5.74, 6) is -1.05. The number of likely N-dealkylation sites (N-methyl/N-ethyl adjacent to an activating group) is 1. The minimum Gasteiger partial charge on any atom is -0.458 e. The lowest BCUT2D eigenvalue weighted by atomic mass is 9.97. The summed E-state index contributed by atoms with van der Waals surface area (Å²) in [5, 5.41) is 0.